The lowest BCUT2D eigenvalue weighted by atomic mass is 9.96. The van der Waals surface area contributed by atoms with E-state index in [0.29, 0.717) is 5.91 Å². The topological polar surface area (TPSA) is 52.6 Å². The molecule has 4 rings (SSSR count). The molecule has 0 saturated carbocycles. The molecule has 2 fully saturated rings. The van der Waals surface area contributed by atoms with Crippen molar-refractivity contribution in [3.63, 3.8) is 0 Å². The number of carbonyl (C=O) groups is 1. The average molecular weight is 394 g/mol. The molecule has 6 nitrogen and oxygen atoms in total. The molecule has 0 N–H and O–H groups in total. The molecule has 154 valence electrons. The van der Waals surface area contributed by atoms with Crippen LogP contribution in [0.1, 0.15) is 29.8 Å². The average Bonchev–Trinajstić information content (AvgIpc) is 2.74. The van der Waals surface area contributed by atoms with Gasteiger partial charge in [0.25, 0.3) is 0 Å². The Bertz CT molecular complexity index is 812. The highest BCUT2D eigenvalue weighted by Gasteiger charge is 2.32. The van der Waals surface area contributed by atoms with Crippen molar-refractivity contribution in [2.24, 2.45) is 5.92 Å². The van der Waals surface area contributed by atoms with Crippen LogP contribution in [0.5, 0.6) is 0 Å². The normalized spacial score (nSPS) is 20.7. The Hall–Kier alpha value is -2.47. The van der Waals surface area contributed by atoms with Crippen molar-refractivity contribution in [1.29, 1.82) is 0 Å². The van der Waals surface area contributed by atoms with E-state index in [1.54, 1.807) is 0 Å². The maximum absolute atomic E-state index is 13.2. The van der Waals surface area contributed by atoms with Crippen molar-refractivity contribution in [3.8, 4) is 0 Å². The number of hydrogen-bond donors (Lipinski definition) is 0. The third-order valence-electron chi connectivity index (χ3n) is 5.96. The smallest absolute Gasteiger partial charge is 0.227 e. The van der Waals surface area contributed by atoms with Crippen LogP contribution in [0, 0.1) is 19.8 Å². The predicted molar refractivity (Wildman–Crippen MR) is 115 cm³/mol. The summed E-state index contributed by atoms with van der Waals surface area (Å²) in [5.74, 6) is 1.12. The van der Waals surface area contributed by atoms with Gasteiger partial charge in [0.2, 0.25) is 11.9 Å². The first-order chi connectivity index (χ1) is 14.1. The van der Waals surface area contributed by atoms with Crippen LogP contribution in [0.15, 0.2) is 36.4 Å². The van der Waals surface area contributed by atoms with Crippen LogP contribution in [0.3, 0.4) is 0 Å². The van der Waals surface area contributed by atoms with Crippen molar-refractivity contribution in [2.45, 2.75) is 33.2 Å². The SMILES string of the molecule is Cc1cc(C)nc(N2CCC[C@@H](C(=O)N3CCN(Cc4ccccc4)CC3)C2)n1. The van der Waals surface area contributed by atoms with Gasteiger partial charge in [0.05, 0.1) is 5.92 Å². The van der Waals surface area contributed by atoms with Crippen LogP contribution < -0.4 is 4.90 Å². The van der Waals surface area contributed by atoms with Gasteiger partial charge < -0.3 is 9.80 Å². The lowest BCUT2D eigenvalue weighted by Gasteiger charge is -2.39. The van der Waals surface area contributed by atoms with Gasteiger partial charge in [-0.25, -0.2) is 9.97 Å². The quantitative estimate of drug-likeness (QED) is 0.799. The fourth-order valence-corrected chi connectivity index (χ4v) is 4.44. The molecule has 29 heavy (non-hydrogen) atoms. The van der Waals surface area contributed by atoms with Gasteiger partial charge in [0.15, 0.2) is 0 Å². The molecule has 2 aromatic rings. The molecule has 0 aliphatic carbocycles. The fraction of sp³-hybridized carbons (Fsp3) is 0.522. The maximum Gasteiger partial charge on any atom is 0.227 e. The third-order valence-corrected chi connectivity index (χ3v) is 5.96. The van der Waals surface area contributed by atoms with Crippen LogP contribution in [0.4, 0.5) is 5.95 Å². The molecule has 6 heteroatoms. The standard InChI is InChI=1S/C23H31N5O/c1-18-15-19(2)25-23(24-18)28-10-6-9-21(17-28)22(29)27-13-11-26(12-14-27)16-20-7-4-3-5-8-20/h3-5,7-8,15,21H,6,9-14,16-17H2,1-2H3/t21-/m1/s1. The Morgan fingerprint density at radius 3 is 2.38 bits per heavy atom. The van der Waals surface area contributed by atoms with Crippen molar-refractivity contribution in [2.75, 3.05) is 44.2 Å². The molecule has 0 bridgehead atoms. The number of hydrogen-bond acceptors (Lipinski definition) is 5. The zero-order valence-electron chi connectivity index (χ0n) is 17.5. The van der Waals surface area contributed by atoms with E-state index in [-0.39, 0.29) is 5.92 Å². The molecule has 0 spiro atoms. The molecule has 1 aromatic carbocycles. The van der Waals surface area contributed by atoms with E-state index < -0.39 is 0 Å². The monoisotopic (exact) mass is 393 g/mol. The summed E-state index contributed by atoms with van der Waals surface area (Å²) in [6.45, 7) is 10.1. The number of anilines is 1. The van der Waals surface area contributed by atoms with Crippen molar-refractivity contribution in [3.05, 3.63) is 53.3 Å². The van der Waals surface area contributed by atoms with Gasteiger partial charge in [-0.15, -0.1) is 0 Å². The first kappa shape index (κ1) is 19.8. The van der Waals surface area contributed by atoms with E-state index in [2.05, 4.69) is 55.0 Å². The Balaban J connectivity index is 1.32. The van der Waals surface area contributed by atoms with Gasteiger partial charge in [0, 0.05) is 57.2 Å². The maximum atomic E-state index is 13.2. The second kappa shape index (κ2) is 8.91. The number of piperidine rings is 1. The molecule has 2 aliphatic heterocycles. The van der Waals surface area contributed by atoms with E-state index in [1.165, 1.54) is 5.56 Å². The van der Waals surface area contributed by atoms with Gasteiger partial charge in [-0.1, -0.05) is 30.3 Å². The van der Waals surface area contributed by atoms with Gasteiger partial charge in [-0.3, -0.25) is 9.69 Å². The Kier molecular flexibility index (Phi) is 6.09. The minimum atomic E-state index is 0.0499. The van der Waals surface area contributed by atoms with Gasteiger partial charge in [-0.2, -0.15) is 0 Å². The zero-order chi connectivity index (χ0) is 20.2. The van der Waals surface area contributed by atoms with Gasteiger partial charge in [-0.05, 0) is 38.3 Å². The van der Waals surface area contributed by atoms with Gasteiger partial charge >= 0.3 is 0 Å². The molecular weight excluding hydrogens is 362 g/mol. The molecule has 1 amide bonds. The number of nitrogens with zero attached hydrogens (tertiary/aromatic N) is 5. The third kappa shape index (κ3) is 4.93. The molecule has 2 aliphatic rings. The number of aryl methyl sites for hydroxylation is 2. The lowest BCUT2D eigenvalue weighted by Crippen LogP contribution is -2.52. The van der Waals surface area contributed by atoms with Crippen LogP contribution in [0.25, 0.3) is 0 Å². The molecule has 1 aromatic heterocycles. The summed E-state index contributed by atoms with van der Waals surface area (Å²) in [5.41, 5.74) is 3.30. The summed E-state index contributed by atoms with van der Waals surface area (Å²) < 4.78 is 0. The summed E-state index contributed by atoms with van der Waals surface area (Å²) >= 11 is 0. The molecule has 0 radical (unpaired) electrons. The number of carbonyl (C=O) groups excluding carboxylic acids is 1. The number of amides is 1. The van der Waals surface area contributed by atoms with Crippen LogP contribution in [-0.4, -0.2) is 64.9 Å². The summed E-state index contributed by atoms with van der Waals surface area (Å²) in [5, 5.41) is 0. The first-order valence-electron chi connectivity index (χ1n) is 10.7. The second-order valence-corrected chi connectivity index (χ2v) is 8.32. The number of aromatic nitrogens is 2. The predicted octanol–water partition coefficient (Wildman–Crippen LogP) is 2.65. The van der Waals surface area contributed by atoms with Crippen molar-refractivity contribution >= 4 is 11.9 Å². The number of rotatable bonds is 4. The van der Waals surface area contributed by atoms with E-state index in [4.69, 9.17) is 0 Å². The van der Waals surface area contributed by atoms with Crippen molar-refractivity contribution < 1.29 is 4.79 Å². The highest BCUT2D eigenvalue weighted by atomic mass is 16.2. The second-order valence-electron chi connectivity index (χ2n) is 8.32. The summed E-state index contributed by atoms with van der Waals surface area (Å²) in [6.07, 6.45) is 1.98. The largest absolute Gasteiger partial charge is 0.340 e. The Labute approximate surface area is 173 Å². The lowest BCUT2D eigenvalue weighted by molar-refractivity contribution is -0.137. The van der Waals surface area contributed by atoms with E-state index >= 15 is 0 Å². The van der Waals surface area contributed by atoms with E-state index in [9.17, 15) is 4.79 Å². The van der Waals surface area contributed by atoms with E-state index in [1.807, 2.05) is 19.9 Å². The molecular formula is C23H31N5O. The Morgan fingerprint density at radius 1 is 1.00 bits per heavy atom. The molecule has 3 heterocycles. The molecule has 2 saturated heterocycles. The van der Waals surface area contributed by atoms with Crippen LogP contribution in [-0.2, 0) is 11.3 Å². The molecule has 1 atom stereocenters. The Morgan fingerprint density at radius 2 is 1.69 bits per heavy atom. The summed E-state index contributed by atoms with van der Waals surface area (Å²) in [7, 11) is 0. The van der Waals surface area contributed by atoms with Crippen molar-refractivity contribution in [1.82, 2.24) is 19.8 Å². The van der Waals surface area contributed by atoms with E-state index in [0.717, 1.165) is 76.0 Å². The van der Waals surface area contributed by atoms with Crippen LogP contribution in [0.2, 0.25) is 0 Å². The number of piperazine rings is 1. The summed E-state index contributed by atoms with van der Waals surface area (Å²) in [4.78, 5) is 29.1. The first-order valence-corrected chi connectivity index (χ1v) is 10.7. The number of benzene rings is 1. The molecule has 0 unspecified atom stereocenters. The van der Waals surface area contributed by atoms with Crippen LogP contribution >= 0.6 is 0 Å². The fourth-order valence-electron chi connectivity index (χ4n) is 4.44. The highest BCUT2D eigenvalue weighted by molar-refractivity contribution is 5.79. The van der Waals surface area contributed by atoms with Gasteiger partial charge in [0.1, 0.15) is 0 Å². The summed E-state index contributed by atoms with van der Waals surface area (Å²) in [6, 6.07) is 12.6. The minimum Gasteiger partial charge on any atom is -0.340 e. The minimum absolute atomic E-state index is 0.0499. The zero-order valence-corrected chi connectivity index (χ0v) is 17.5. The highest BCUT2D eigenvalue weighted by Crippen LogP contribution is 2.23.